The first-order valence-corrected chi connectivity index (χ1v) is 14.7. The number of nitrogens with zero attached hydrogens (tertiary/aromatic N) is 4. The van der Waals surface area contributed by atoms with Crippen molar-refractivity contribution in [2.24, 2.45) is 0 Å². The molecule has 46 heavy (non-hydrogen) atoms. The van der Waals surface area contributed by atoms with Gasteiger partial charge in [0.25, 0.3) is 0 Å². The fraction of sp³-hybridized carbons (Fsp3) is 0.303. The van der Waals surface area contributed by atoms with Gasteiger partial charge in [-0.2, -0.15) is 8.78 Å². The first kappa shape index (κ1) is 30.1. The minimum Gasteiger partial charge on any atom is -0.491 e. The van der Waals surface area contributed by atoms with Crippen LogP contribution in [0.3, 0.4) is 0 Å². The summed E-state index contributed by atoms with van der Waals surface area (Å²) in [7, 11) is 0. The molecule has 13 heteroatoms. The Labute approximate surface area is 261 Å². The summed E-state index contributed by atoms with van der Waals surface area (Å²) in [4.78, 5) is 13.2. The third kappa shape index (κ3) is 4.87. The highest BCUT2D eigenvalue weighted by Crippen LogP contribution is 2.56. The molecule has 1 saturated heterocycles. The van der Waals surface area contributed by atoms with Crippen LogP contribution in [-0.2, 0) is 16.8 Å². The molecule has 1 fully saturated rings. The van der Waals surface area contributed by atoms with E-state index in [0.717, 1.165) is 5.56 Å². The highest BCUT2D eigenvalue weighted by molar-refractivity contribution is 5.83. The monoisotopic (exact) mass is 631 g/mol. The largest absolute Gasteiger partial charge is 0.491 e. The number of aliphatic hydroxyl groups excluding tert-OH is 3. The molecule has 5 aromatic rings. The maximum absolute atomic E-state index is 15.1. The molecule has 0 spiro atoms. The number of imidazole rings is 1. The van der Waals surface area contributed by atoms with E-state index in [-0.39, 0.29) is 36.4 Å². The minimum absolute atomic E-state index is 0.0106. The molecule has 6 N–H and O–H groups in total. The maximum atomic E-state index is 15.1. The SMILES string of the molecule is Nc1nc(-c2ccccc2)nc2c1ncn2[C@@H]1O[C@H](COc2cccc(CC[C@]3(O)c4ccccc4[C@@H](O)C3(F)F)c2)[C@@H](O)[C@H]1O. The zero-order chi connectivity index (χ0) is 32.2. The second-order valence-electron chi connectivity index (χ2n) is 11.6. The predicted molar refractivity (Wildman–Crippen MR) is 162 cm³/mol. The molecule has 0 saturated carbocycles. The quantitative estimate of drug-likeness (QED) is 0.171. The molecule has 3 heterocycles. The van der Waals surface area contributed by atoms with Crippen LogP contribution in [0.25, 0.3) is 22.6 Å². The smallest absolute Gasteiger partial charge is 0.309 e. The van der Waals surface area contributed by atoms with Gasteiger partial charge in [-0.25, -0.2) is 15.0 Å². The summed E-state index contributed by atoms with van der Waals surface area (Å²) in [6.45, 7) is -0.140. The van der Waals surface area contributed by atoms with Crippen molar-refractivity contribution in [3.8, 4) is 17.1 Å². The molecule has 0 amide bonds. The Morgan fingerprint density at radius 3 is 2.50 bits per heavy atom. The van der Waals surface area contributed by atoms with Gasteiger partial charge >= 0.3 is 5.92 Å². The minimum atomic E-state index is -3.76. The summed E-state index contributed by atoms with van der Waals surface area (Å²) < 4.78 is 43.5. The number of benzene rings is 3. The van der Waals surface area contributed by atoms with E-state index in [1.165, 1.54) is 23.0 Å². The van der Waals surface area contributed by atoms with Gasteiger partial charge in [0.05, 0.1) is 6.33 Å². The first-order chi connectivity index (χ1) is 22.1. The average Bonchev–Trinajstić information content (AvgIpc) is 3.66. The van der Waals surface area contributed by atoms with E-state index in [9.17, 15) is 20.4 Å². The van der Waals surface area contributed by atoms with E-state index in [1.54, 1.807) is 36.4 Å². The molecule has 1 aliphatic carbocycles. The van der Waals surface area contributed by atoms with Crippen molar-refractivity contribution in [2.45, 2.75) is 55.0 Å². The van der Waals surface area contributed by atoms with Gasteiger partial charge in [0.15, 0.2) is 29.1 Å². The van der Waals surface area contributed by atoms with E-state index < -0.39 is 42.2 Å². The van der Waals surface area contributed by atoms with Crippen molar-refractivity contribution in [3.05, 3.63) is 102 Å². The standard InChI is InChI=1S/C33H31F2N5O6/c34-33(35)27(43)21-11-4-5-12-22(21)32(33,44)14-13-18-7-6-10-20(15-18)45-16-23-25(41)26(42)31(46-23)40-17-37-24-28(36)38-29(39-30(24)40)19-8-2-1-3-9-19/h1-12,15,17,23,25-27,31,41-44H,13-14,16H2,(H2,36,38,39)/t23-,25-,26-,27-,31-,32+/m1/s1. The van der Waals surface area contributed by atoms with Crippen LogP contribution in [0, 0.1) is 0 Å². The lowest BCUT2D eigenvalue weighted by Gasteiger charge is -2.32. The summed E-state index contributed by atoms with van der Waals surface area (Å²) in [6.07, 6.45) is -5.61. The molecule has 2 aliphatic rings. The number of fused-ring (bicyclic) bond motifs is 2. The number of halogens is 2. The van der Waals surface area contributed by atoms with Crippen LogP contribution < -0.4 is 10.5 Å². The molecule has 6 atom stereocenters. The van der Waals surface area contributed by atoms with Crippen LogP contribution in [0.2, 0.25) is 0 Å². The number of ether oxygens (including phenoxy) is 2. The topological polar surface area (TPSA) is 169 Å². The number of hydrogen-bond acceptors (Lipinski definition) is 10. The molecular formula is C33H31F2N5O6. The summed E-state index contributed by atoms with van der Waals surface area (Å²) in [6, 6.07) is 21.8. The highest BCUT2D eigenvalue weighted by atomic mass is 19.3. The highest BCUT2D eigenvalue weighted by Gasteiger charge is 2.64. The number of aliphatic hydroxyl groups is 4. The molecule has 0 bridgehead atoms. The fourth-order valence-corrected chi connectivity index (χ4v) is 6.25. The van der Waals surface area contributed by atoms with E-state index in [0.29, 0.717) is 28.3 Å². The first-order valence-electron chi connectivity index (χ1n) is 14.7. The molecule has 238 valence electrons. The zero-order valence-corrected chi connectivity index (χ0v) is 24.3. The molecule has 1 aliphatic heterocycles. The number of rotatable bonds is 8. The summed E-state index contributed by atoms with van der Waals surface area (Å²) >= 11 is 0. The Hall–Kier alpha value is -4.53. The number of aromatic nitrogens is 4. The Balaban J connectivity index is 1.04. The fourth-order valence-electron chi connectivity index (χ4n) is 6.25. The van der Waals surface area contributed by atoms with Crippen molar-refractivity contribution in [3.63, 3.8) is 0 Å². The molecule has 11 nitrogen and oxygen atoms in total. The Kier molecular flexibility index (Phi) is 7.45. The van der Waals surface area contributed by atoms with E-state index >= 15 is 8.78 Å². The Morgan fingerprint density at radius 1 is 0.935 bits per heavy atom. The number of hydrogen-bond donors (Lipinski definition) is 5. The molecule has 2 aromatic heterocycles. The van der Waals surface area contributed by atoms with Crippen LogP contribution in [0.4, 0.5) is 14.6 Å². The van der Waals surface area contributed by atoms with E-state index in [1.807, 2.05) is 30.3 Å². The van der Waals surface area contributed by atoms with Gasteiger partial charge in [-0.1, -0.05) is 66.7 Å². The molecule has 7 rings (SSSR count). The third-order valence-electron chi connectivity index (χ3n) is 8.78. The second kappa shape index (κ2) is 11.4. The Bertz CT molecular complexity index is 1890. The van der Waals surface area contributed by atoms with Gasteiger partial charge in [-0.15, -0.1) is 0 Å². The lowest BCUT2D eigenvalue weighted by Crippen LogP contribution is -2.44. The number of alkyl halides is 2. The van der Waals surface area contributed by atoms with Gasteiger partial charge in [0.2, 0.25) is 0 Å². The van der Waals surface area contributed by atoms with Gasteiger partial charge in [0, 0.05) is 5.56 Å². The van der Waals surface area contributed by atoms with Crippen LogP contribution in [-0.4, -0.2) is 70.8 Å². The molecule has 0 unspecified atom stereocenters. The summed E-state index contributed by atoms with van der Waals surface area (Å²) in [5, 5.41) is 43.1. The van der Waals surface area contributed by atoms with Gasteiger partial charge in [-0.05, 0) is 41.7 Å². The summed E-state index contributed by atoms with van der Waals surface area (Å²) in [5.41, 5.74) is 5.63. The number of anilines is 1. The molecular weight excluding hydrogens is 600 g/mol. The van der Waals surface area contributed by atoms with E-state index in [2.05, 4.69) is 15.0 Å². The van der Waals surface area contributed by atoms with Crippen LogP contribution >= 0.6 is 0 Å². The van der Waals surface area contributed by atoms with E-state index in [4.69, 9.17) is 15.2 Å². The second-order valence-corrected chi connectivity index (χ2v) is 11.6. The van der Waals surface area contributed by atoms with Crippen molar-refractivity contribution in [2.75, 3.05) is 12.3 Å². The lowest BCUT2D eigenvalue weighted by molar-refractivity contribution is -0.226. The van der Waals surface area contributed by atoms with Crippen LogP contribution in [0.5, 0.6) is 5.75 Å². The molecule has 0 radical (unpaired) electrons. The van der Waals surface area contributed by atoms with Gasteiger partial charge in [0.1, 0.15) is 42.3 Å². The normalized spacial score (nSPS) is 26.8. The maximum Gasteiger partial charge on any atom is 0.309 e. The average molecular weight is 632 g/mol. The van der Waals surface area contributed by atoms with Gasteiger partial charge in [-0.3, -0.25) is 4.57 Å². The molecule has 3 aromatic carbocycles. The van der Waals surface area contributed by atoms with Crippen molar-refractivity contribution < 1.29 is 38.7 Å². The third-order valence-corrected chi connectivity index (χ3v) is 8.78. The van der Waals surface area contributed by atoms with Gasteiger partial charge < -0.3 is 35.6 Å². The summed E-state index contributed by atoms with van der Waals surface area (Å²) in [5.74, 6) is -2.87. The number of aryl methyl sites for hydroxylation is 1. The predicted octanol–water partition coefficient (Wildman–Crippen LogP) is 3.28. The van der Waals surface area contributed by atoms with Crippen molar-refractivity contribution >= 4 is 17.0 Å². The number of nitrogens with two attached hydrogens (primary N) is 1. The van der Waals surface area contributed by atoms with Crippen molar-refractivity contribution in [1.82, 2.24) is 19.5 Å². The number of nitrogen functional groups attached to an aromatic ring is 1. The lowest BCUT2D eigenvalue weighted by atomic mass is 9.86. The Morgan fingerprint density at radius 2 is 1.70 bits per heavy atom. The van der Waals surface area contributed by atoms with Crippen LogP contribution in [0.15, 0.2) is 85.2 Å². The van der Waals surface area contributed by atoms with Crippen LogP contribution in [0.1, 0.15) is 35.4 Å². The van der Waals surface area contributed by atoms with Crippen molar-refractivity contribution in [1.29, 1.82) is 0 Å². The zero-order valence-electron chi connectivity index (χ0n) is 24.3.